The molecular weight excluding hydrogens is 344 g/mol. The third kappa shape index (κ3) is 4.97. The monoisotopic (exact) mass is 368 g/mol. The maximum atomic E-state index is 10.8. The highest BCUT2D eigenvalue weighted by Crippen LogP contribution is 2.31. The Kier molecular flexibility index (Phi) is 5.90. The van der Waals surface area contributed by atoms with E-state index in [1.165, 1.54) is 12.1 Å². The predicted octanol–water partition coefficient (Wildman–Crippen LogP) is 3.56. The first kappa shape index (κ1) is 18.7. The van der Waals surface area contributed by atoms with Crippen LogP contribution in [-0.2, 0) is 6.54 Å². The molecule has 0 radical (unpaired) electrons. The van der Waals surface area contributed by atoms with Crippen molar-refractivity contribution in [3.8, 4) is 5.75 Å². The van der Waals surface area contributed by atoms with Crippen LogP contribution in [0.3, 0.4) is 0 Å². The number of hydrogen-bond acceptors (Lipinski definition) is 4. The van der Waals surface area contributed by atoms with Gasteiger partial charge in [-0.2, -0.15) is 0 Å². The topological polar surface area (TPSA) is 88.8 Å². The van der Waals surface area contributed by atoms with Gasteiger partial charge in [0.1, 0.15) is 5.75 Å². The number of nitro groups is 1. The van der Waals surface area contributed by atoms with Crippen LogP contribution >= 0.6 is 0 Å². The first-order valence-electron chi connectivity index (χ1n) is 9.05. The van der Waals surface area contributed by atoms with Crippen LogP contribution in [0.5, 0.6) is 5.75 Å². The number of ether oxygens (including phenoxy) is 1. The summed E-state index contributed by atoms with van der Waals surface area (Å²) in [4.78, 5) is 15.0. The van der Waals surface area contributed by atoms with E-state index in [9.17, 15) is 10.1 Å². The molecule has 7 heteroatoms. The lowest BCUT2D eigenvalue weighted by atomic mass is 10.0. The fraction of sp³-hybridized carbons (Fsp3) is 0.350. The van der Waals surface area contributed by atoms with Gasteiger partial charge in [0.2, 0.25) is 0 Å². The van der Waals surface area contributed by atoms with Crippen molar-refractivity contribution >= 4 is 11.6 Å². The van der Waals surface area contributed by atoms with Crippen LogP contribution in [0.25, 0.3) is 0 Å². The van der Waals surface area contributed by atoms with E-state index >= 15 is 0 Å². The van der Waals surface area contributed by atoms with Gasteiger partial charge in [0.05, 0.1) is 24.1 Å². The van der Waals surface area contributed by atoms with E-state index in [-0.39, 0.29) is 17.8 Å². The molecule has 1 unspecified atom stereocenters. The second-order valence-corrected chi connectivity index (χ2v) is 6.76. The molecule has 1 atom stereocenters. The Hall–Kier alpha value is -3.09. The van der Waals surface area contributed by atoms with Crippen molar-refractivity contribution in [3.05, 3.63) is 69.8 Å². The van der Waals surface area contributed by atoms with Gasteiger partial charge in [-0.05, 0) is 25.5 Å². The van der Waals surface area contributed by atoms with Crippen LogP contribution in [0.15, 0.2) is 53.5 Å². The van der Waals surface area contributed by atoms with Crippen molar-refractivity contribution in [1.82, 2.24) is 10.6 Å². The normalized spacial score (nSPS) is 16.4. The van der Waals surface area contributed by atoms with Crippen molar-refractivity contribution in [2.75, 3.05) is 6.61 Å². The van der Waals surface area contributed by atoms with Gasteiger partial charge in [0.15, 0.2) is 5.96 Å². The summed E-state index contributed by atoms with van der Waals surface area (Å²) in [7, 11) is 0. The molecule has 0 fully saturated rings. The van der Waals surface area contributed by atoms with Crippen molar-refractivity contribution in [2.45, 2.75) is 38.9 Å². The third-order valence-electron chi connectivity index (χ3n) is 4.26. The van der Waals surface area contributed by atoms with Gasteiger partial charge in [-0.3, -0.25) is 10.1 Å². The molecule has 2 aromatic carbocycles. The molecular formula is C20H24N4O3. The molecule has 0 saturated heterocycles. The molecule has 0 aliphatic carbocycles. The molecule has 2 aromatic rings. The Balaban J connectivity index is 1.74. The van der Waals surface area contributed by atoms with Crippen LogP contribution in [0, 0.1) is 10.1 Å². The molecule has 0 amide bonds. The lowest BCUT2D eigenvalue weighted by Gasteiger charge is -2.28. The molecule has 0 aromatic heterocycles. The quantitative estimate of drug-likeness (QED) is 0.365. The zero-order valence-corrected chi connectivity index (χ0v) is 15.5. The standard InChI is InChI=1S/C20H24N4O3/c1-14(2)22-20(21-13-15-7-9-16(10-8-15)24(25)26)23-18-11-12-27-19-6-4-3-5-17(18)19/h3-10,14,18H,11-13H2,1-2H3,(H2,21,22,23). The molecule has 1 aliphatic rings. The average Bonchev–Trinajstić information content (AvgIpc) is 2.66. The number of rotatable bonds is 5. The van der Waals surface area contributed by atoms with E-state index in [4.69, 9.17) is 4.74 Å². The molecule has 0 bridgehead atoms. The molecule has 0 spiro atoms. The van der Waals surface area contributed by atoms with Crippen LogP contribution in [0.4, 0.5) is 5.69 Å². The fourth-order valence-electron chi connectivity index (χ4n) is 2.96. The number of hydrogen-bond donors (Lipinski definition) is 2. The van der Waals surface area contributed by atoms with Crippen LogP contribution in [0.1, 0.15) is 37.4 Å². The summed E-state index contributed by atoms with van der Waals surface area (Å²) in [6.45, 7) is 5.21. The van der Waals surface area contributed by atoms with Gasteiger partial charge in [-0.1, -0.05) is 30.3 Å². The molecule has 1 aliphatic heterocycles. The van der Waals surface area contributed by atoms with Crippen LogP contribution in [0.2, 0.25) is 0 Å². The molecule has 1 heterocycles. The lowest BCUT2D eigenvalue weighted by molar-refractivity contribution is -0.384. The Morgan fingerprint density at radius 3 is 2.70 bits per heavy atom. The van der Waals surface area contributed by atoms with E-state index < -0.39 is 4.92 Å². The highest BCUT2D eigenvalue weighted by molar-refractivity contribution is 5.80. The summed E-state index contributed by atoms with van der Waals surface area (Å²) in [6.07, 6.45) is 0.855. The smallest absolute Gasteiger partial charge is 0.269 e. The number of non-ortho nitro benzene ring substituents is 1. The van der Waals surface area contributed by atoms with E-state index in [0.29, 0.717) is 19.1 Å². The zero-order valence-electron chi connectivity index (χ0n) is 15.5. The molecule has 2 N–H and O–H groups in total. The summed E-state index contributed by atoms with van der Waals surface area (Å²) >= 11 is 0. The van der Waals surface area contributed by atoms with Gasteiger partial charge in [0.25, 0.3) is 5.69 Å². The number of nitrogens with zero attached hydrogens (tertiary/aromatic N) is 2. The number of benzene rings is 2. The number of para-hydroxylation sites is 1. The second-order valence-electron chi connectivity index (χ2n) is 6.76. The van der Waals surface area contributed by atoms with Gasteiger partial charge >= 0.3 is 0 Å². The average molecular weight is 368 g/mol. The van der Waals surface area contributed by atoms with E-state index in [2.05, 4.69) is 35.5 Å². The lowest BCUT2D eigenvalue weighted by Crippen LogP contribution is -2.43. The summed E-state index contributed by atoms with van der Waals surface area (Å²) in [6, 6.07) is 14.8. The highest BCUT2D eigenvalue weighted by Gasteiger charge is 2.22. The molecule has 3 rings (SSSR count). The van der Waals surface area contributed by atoms with Gasteiger partial charge in [0, 0.05) is 30.2 Å². The zero-order chi connectivity index (χ0) is 19.2. The maximum absolute atomic E-state index is 10.8. The summed E-state index contributed by atoms with van der Waals surface area (Å²) in [5.41, 5.74) is 2.12. The summed E-state index contributed by atoms with van der Waals surface area (Å²) in [5.74, 6) is 1.62. The van der Waals surface area contributed by atoms with Crippen molar-refractivity contribution < 1.29 is 9.66 Å². The van der Waals surface area contributed by atoms with Gasteiger partial charge in [-0.15, -0.1) is 0 Å². The molecule has 7 nitrogen and oxygen atoms in total. The number of aliphatic imine (C=N–C) groups is 1. The molecule has 0 saturated carbocycles. The first-order valence-corrected chi connectivity index (χ1v) is 9.05. The largest absolute Gasteiger partial charge is 0.493 e. The van der Waals surface area contributed by atoms with Crippen molar-refractivity contribution in [3.63, 3.8) is 0 Å². The summed E-state index contributed by atoms with van der Waals surface area (Å²) < 4.78 is 5.72. The van der Waals surface area contributed by atoms with E-state index in [1.807, 2.05) is 18.2 Å². The van der Waals surface area contributed by atoms with Crippen molar-refractivity contribution in [1.29, 1.82) is 0 Å². The fourth-order valence-corrected chi connectivity index (χ4v) is 2.96. The second kappa shape index (κ2) is 8.53. The van der Waals surface area contributed by atoms with E-state index in [0.717, 1.165) is 23.3 Å². The van der Waals surface area contributed by atoms with Gasteiger partial charge in [-0.25, -0.2) is 4.99 Å². The SMILES string of the molecule is CC(C)NC(=NCc1ccc([N+](=O)[O-])cc1)NC1CCOc2ccccc21. The maximum Gasteiger partial charge on any atom is 0.269 e. The van der Waals surface area contributed by atoms with Crippen LogP contribution < -0.4 is 15.4 Å². The molecule has 142 valence electrons. The number of nitrogens with one attached hydrogen (secondary N) is 2. The Morgan fingerprint density at radius 1 is 1.26 bits per heavy atom. The number of nitro benzene ring substituents is 1. The Morgan fingerprint density at radius 2 is 2.00 bits per heavy atom. The first-order chi connectivity index (χ1) is 13.0. The van der Waals surface area contributed by atoms with E-state index in [1.54, 1.807) is 12.1 Å². The predicted molar refractivity (Wildman–Crippen MR) is 105 cm³/mol. The van der Waals surface area contributed by atoms with Crippen molar-refractivity contribution in [2.24, 2.45) is 4.99 Å². The molecule has 27 heavy (non-hydrogen) atoms. The summed E-state index contributed by atoms with van der Waals surface area (Å²) in [5, 5.41) is 17.6. The van der Waals surface area contributed by atoms with Crippen LogP contribution in [-0.4, -0.2) is 23.5 Å². The van der Waals surface area contributed by atoms with Gasteiger partial charge < -0.3 is 15.4 Å². The minimum absolute atomic E-state index is 0.0835. The minimum Gasteiger partial charge on any atom is -0.493 e. The highest BCUT2D eigenvalue weighted by atomic mass is 16.6. The number of fused-ring (bicyclic) bond motifs is 1. The number of guanidine groups is 1. The minimum atomic E-state index is -0.400. The third-order valence-corrected chi connectivity index (χ3v) is 4.26. The Labute approximate surface area is 158 Å². The Bertz CT molecular complexity index is 818.